The van der Waals surface area contributed by atoms with Crippen LogP contribution in [0.1, 0.15) is 17.9 Å². The van der Waals surface area contributed by atoms with E-state index in [0.717, 1.165) is 42.5 Å². The second-order valence-corrected chi connectivity index (χ2v) is 4.60. The van der Waals surface area contributed by atoms with Crippen molar-refractivity contribution in [2.75, 3.05) is 24.7 Å². The van der Waals surface area contributed by atoms with Gasteiger partial charge in [0.15, 0.2) is 0 Å². The van der Waals surface area contributed by atoms with Crippen LogP contribution in [0.5, 0.6) is 0 Å². The molecule has 1 rings (SSSR count). The third-order valence-corrected chi connectivity index (χ3v) is 3.04. The number of nitrogens with one attached hydrogen (secondary N) is 1. The molecule has 1 heterocycles. The van der Waals surface area contributed by atoms with E-state index in [9.17, 15) is 0 Å². The minimum Gasteiger partial charge on any atom is -0.465 e. The van der Waals surface area contributed by atoms with Crippen LogP contribution >= 0.6 is 24.2 Å². The predicted octanol–water partition coefficient (Wildman–Crippen LogP) is 2.22. The van der Waals surface area contributed by atoms with Gasteiger partial charge < -0.3 is 14.8 Å². The summed E-state index contributed by atoms with van der Waals surface area (Å²) >= 11 is 1.87. The average molecular weight is 266 g/mol. The van der Waals surface area contributed by atoms with Gasteiger partial charge in [0.1, 0.15) is 11.5 Å². The van der Waals surface area contributed by atoms with E-state index in [1.165, 1.54) is 0 Å². The molecule has 0 saturated carbocycles. The molecule has 0 aliphatic rings. The van der Waals surface area contributed by atoms with E-state index in [2.05, 4.69) is 5.32 Å². The summed E-state index contributed by atoms with van der Waals surface area (Å²) < 4.78 is 5.43. The van der Waals surface area contributed by atoms with Gasteiger partial charge in [-0.15, -0.1) is 12.4 Å². The maximum atomic E-state index is 8.58. The van der Waals surface area contributed by atoms with Crippen molar-refractivity contribution in [1.29, 1.82) is 0 Å². The Balaban J connectivity index is 0.00000225. The van der Waals surface area contributed by atoms with E-state index >= 15 is 0 Å². The standard InChI is InChI=1S/C11H19NO2S.ClH/c1-10-3-4-11(14-10)9-12-5-8-15-7-2-6-13;/h3-4,12-13H,2,5-9H2,1H3;1H. The summed E-state index contributed by atoms with van der Waals surface area (Å²) in [6.07, 6.45) is 0.891. The van der Waals surface area contributed by atoms with Crippen molar-refractivity contribution in [2.24, 2.45) is 0 Å². The molecule has 5 heteroatoms. The second kappa shape index (κ2) is 10.0. The molecule has 0 amide bonds. The smallest absolute Gasteiger partial charge is 0.117 e. The lowest BCUT2D eigenvalue weighted by Gasteiger charge is -2.02. The number of aliphatic hydroxyl groups is 1. The maximum Gasteiger partial charge on any atom is 0.117 e. The molecule has 1 aromatic rings. The van der Waals surface area contributed by atoms with Crippen molar-refractivity contribution in [3.05, 3.63) is 23.7 Å². The number of hydrogen-bond acceptors (Lipinski definition) is 4. The lowest BCUT2D eigenvalue weighted by atomic mass is 10.4. The number of aliphatic hydroxyl groups excluding tert-OH is 1. The molecule has 1 aromatic heterocycles. The minimum atomic E-state index is 0. The summed E-state index contributed by atoms with van der Waals surface area (Å²) in [4.78, 5) is 0. The van der Waals surface area contributed by atoms with E-state index in [1.807, 2.05) is 30.8 Å². The minimum absolute atomic E-state index is 0. The highest BCUT2D eigenvalue weighted by Gasteiger charge is 1.97. The topological polar surface area (TPSA) is 45.4 Å². The Morgan fingerprint density at radius 2 is 2.19 bits per heavy atom. The van der Waals surface area contributed by atoms with Crippen LogP contribution in [0.3, 0.4) is 0 Å². The van der Waals surface area contributed by atoms with Crippen LogP contribution < -0.4 is 5.32 Å². The maximum absolute atomic E-state index is 8.58. The van der Waals surface area contributed by atoms with Crippen LogP contribution in [0.4, 0.5) is 0 Å². The normalized spacial score (nSPS) is 10.1. The van der Waals surface area contributed by atoms with Crippen LogP contribution in [0.2, 0.25) is 0 Å². The van der Waals surface area contributed by atoms with E-state index in [4.69, 9.17) is 9.52 Å². The molecule has 94 valence electrons. The third kappa shape index (κ3) is 7.17. The number of halogens is 1. The molecule has 2 N–H and O–H groups in total. The summed E-state index contributed by atoms with van der Waals surface area (Å²) in [5.74, 6) is 4.08. The number of hydrogen-bond donors (Lipinski definition) is 2. The van der Waals surface area contributed by atoms with Crippen LogP contribution in [0.25, 0.3) is 0 Å². The predicted molar refractivity (Wildman–Crippen MR) is 71.4 cm³/mol. The van der Waals surface area contributed by atoms with E-state index in [1.54, 1.807) is 0 Å². The van der Waals surface area contributed by atoms with Gasteiger partial charge in [-0.25, -0.2) is 0 Å². The van der Waals surface area contributed by atoms with Crippen molar-refractivity contribution in [1.82, 2.24) is 5.32 Å². The van der Waals surface area contributed by atoms with E-state index in [-0.39, 0.29) is 12.4 Å². The molecule has 0 aliphatic carbocycles. The van der Waals surface area contributed by atoms with Crippen molar-refractivity contribution in [2.45, 2.75) is 19.9 Å². The van der Waals surface area contributed by atoms with Crippen LogP contribution in [-0.2, 0) is 6.54 Å². The molecule has 0 unspecified atom stereocenters. The van der Waals surface area contributed by atoms with Crippen molar-refractivity contribution in [3.63, 3.8) is 0 Å². The Kier molecular flexibility index (Phi) is 9.92. The zero-order chi connectivity index (χ0) is 10.9. The van der Waals surface area contributed by atoms with E-state index < -0.39 is 0 Å². The fraction of sp³-hybridized carbons (Fsp3) is 0.636. The first-order valence-corrected chi connectivity index (χ1v) is 6.43. The fourth-order valence-corrected chi connectivity index (χ4v) is 2.03. The van der Waals surface area contributed by atoms with Gasteiger partial charge in [0.25, 0.3) is 0 Å². The first-order chi connectivity index (χ1) is 7.33. The molecular formula is C11H20ClNO2S. The van der Waals surface area contributed by atoms with Crippen molar-refractivity contribution >= 4 is 24.2 Å². The lowest BCUT2D eigenvalue weighted by molar-refractivity contribution is 0.296. The first-order valence-electron chi connectivity index (χ1n) is 5.27. The number of furan rings is 1. The molecular weight excluding hydrogens is 246 g/mol. The molecule has 0 atom stereocenters. The van der Waals surface area contributed by atoms with Gasteiger partial charge in [-0.05, 0) is 31.2 Å². The Bertz CT molecular complexity index is 268. The Morgan fingerprint density at radius 3 is 2.81 bits per heavy atom. The highest BCUT2D eigenvalue weighted by molar-refractivity contribution is 7.99. The third-order valence-electron chi connectivity index (χ3n) is 1.97. The Morgan fingerprint density at radius 1 is 1.38 bits per heavy atom. The van der Waals surface area contributed by atoms with E-state index in [0.29, 0.717) is 6.61 Å². The molecule has 3 nitrogen and oxygen atoms in total. The summed E-state index contributed by atoms with van der Waals surface area (Å²) in [6.45, 7) is 4.03. The molecule has 0 spiro atoms. The zero-order valence-electron chi connectivity index (χ0n) is 9.57. The van der Waals surface area contributed by atoms with Crippen LogP contribution in [-0.4, -0.2) is 29.8 Å². The number of rotatable bonds is 8. The first kappa shape index (κ1) is 15.8. The van der Waals surface area contributed by atoms with Gasteiger partial charge in [0.2, 0.25) is 0 Å². The summed E-state index contributed by atoms with van der Waals surface area (Å²) in [6, 6.07) is 3.98. The van der Waals surface area contributed by atoms with Gasteiger partial charge >= 0.3 is 0 Å². The Hall–Kier alpha value is -0.160. The molecule has 0 radical (unpaired) electrons. The lowest BCUT2D eigenvalue weighted by Crippen LogP contribution is -2.16. The largest absolute Gasteiger partial charge is 0.465 e. The van der Waals surface area contributed by atoms with Gasteiger partial charge in [-0.2, -0.15) is 11.8 Å². The van der Waals surface area contributed by atoms with Crippen molar-refractivity contribution in [3.8, 4) is 0 Å². The molecule has 0 bridgehead atoms. The SMILES string of the molecule is Cc1ccc(CNCCSCCCO)o1.Cl. The summed E-state index contributed by atoms with van der Waals surface area (Å²) in [5.41, 5.74) is 0. The van der Waals surface area contributed by atoms with Gasteiger partial charge in [-0.3, -0.25) is 0 Å². The molecule has 0 fully saturated rings. The van der Waals surface area contributed by atoms with Gasteiger partial charge in [0, 0.05) is 18.9 Å². The number of thioether (sulfide) groups is 1. The number of aryl methyl sites for hydroxylation is 1. The van der Waals surface area contributed by atoms with Gasteiger partial charge in [-0.1, -0.05) is 0 Å². The second-order valence-electron chi connectivity index (χ2n) is 3.38. The molecule has 0 aliphatic heterocycles. The quantitative estimate of drug-likeness (QED) is 0.708. The van der Waals surface area contributed by atoms with Crippen LogP contribution in [0, 0.1) is 6.92 Å². The average Bonchev–Trinajstić information content (AvgIpc) is 2.63. The fourth-order valence-electron chi connectivity index (χ4n) is 1.20. The zero-order valence-corrected chi connectivity index (χ0v) is 11.2. The van der Waals surface area contributed by atoms with Crippen LogP contribution in [0.15, 0.2) is 16.5 Å². The monoisotopic (exact) mass is 265 g/mol. The highest BCUT2D eigenvalue weighted by atomic mass is 35.5. The van der Waals surface area contributed by atoms with Gasteiger partial charge in [0.05, 0.1) is 6.54 Å². The molecule has 0 saturated heterocycles. The summed E-state index contributed by atoms with van der Waals surface area (Å²) in [5, 5.41) is 11.9. The molecule has 0 aromatic carbocycles. The van der Waals surface area contributed by atoms with Crippen molar-refractivity contribution < 1.29 is 9.52 Å². The molecule has 16 heavy (non-hydrogen) atoms. The summed E-state index contributed by atoms with van der Waals surface area (Å²) in [7, 11) is 0. The highest BCUT2D eigenvalue weighted by Crippen LogP contribution is 2.05. The Labute approximate surface area is 107 Å².